The number of hydrogen-bond acceptors (Lipinski definition) is 2. The molecular formula is C14H20O2. The minimum Gasteiger partial charge on any atom is -0.469 e. The van der Waals surface area contributed by atoms with Crippen molar-refractivity contribution in [2.75, 3.05) is 7.11 Å². The summed E-state index contributed by atoms with van der Waals surface area (Å²) in [4.78, 5) is 11.9. The lowest BCUT2D eigenvalue weighted by atomic mass is 9.72. The van der Waals surface area contributed by atoms with E-state index >= 15 is 0 Å². The summed E-state index contributed by atoms with van der Waals surface area (Å²) in [6, 6.07) is 10.1. The first-order valence-electron chi connectivity index (χ1n) is 5.69. The minimum atomic E-state index is -0.448. The molecule has 2 nitrogen and oxygen atoms in total. The maximum absolute atomic E-state index is 11.9. The van der Waals surface area contributed by atoms with Crippen molar-refractivity contribution in [3.8, 4) is 0 Å². The zero-order valence-corrected chi connectivity index (χ0v) is 10.5. The van der Waals surface area contributed by atoms with E-state index in [1.807, 2.05) is 32.0 Å². The van der Waals surface area contributed by atoms with Gasteiger partial charge in [-0.3, -0.25) is 4.79 Å². The molecule has 0 saturated carbocycles. The van der Waals surface area contributed by atoms with Gasteiger partial charge in [0.2, 0.25) is 0 Å². The molecule has 1 aromatic rings. The fourth-order valence-corrected chi connectivity index (χ4v) is 1.97. The van der Waals surface area contributed by atoms with Gasteiger partial charge in [-0.1, -0.05) is 44.2 Å². The fraction of sp³-hybridized carbons (Fsp3) is 0.500. The Balaban J connectivity index is 3.02. The van der Waals surface area contributed by atoms with E-state index in [0.717, 1.165) is 6.42 Å². The summed E-state index contributed by atoms with van der Waals surface area (Å²) in [5.74, 6) is 0.0255. The molecule has 1 rings (SSSR count). The molecule has 1 aromatic carbocycles. The van der Waals surface area contributed by atoms with Crippen molar-refractivity contribution in [1.29, 1.82) is 0 Å². The first kappa shape index (κ1) is 12.8. The normalized spacial score (nSPS) is 16.2. The lowest BCUT2D eigenvalue weighted by molar-refractivity contribution is -0.153. The monoisotopic (exact) mass is 220 g/mol. The molecule has 0 aliphatic heterocycles. The van der Waals surface area contributed by atoms with E-state index in [9.17, 15) is 4.79 Å². The first-order chi connectivity index (χ1) is 7.56. The van der Waals surface area contributed by atoms with E-state index in [1.165, 1.54) is 12.7 Å². The Kier molecular flexibility index (Phi) is 4.11. The Bertz CT molecular complexity index is 345. The van der Waals surface area contributed by atoms with Crippen LogP contribution in [0.3, 0.4) is 0 Å². The van der Waals surface area contributed by atoms with Gasteiger partial charge in [-0.15, -0.1) is 0 Å². The number of carbonyl (C=O) groups is 1. The van der Waals surface area contributed by atoms with Gasteiger partial charge < -0.3 is 4.74 Å². The second-order valence-electron chi connectivity index (χ2n) is 4.39. The van der Waals surface area contributed by atoms with Crippen LogP contribution in [-0.4, -0.2) is 13.1 Å². The zero-order chi connectivity index (χ0) is 12.2. The van der Waals surface area contributed by atoms with Crippen molar-refractivity contribution < 1.29 is 9.53 Å². The molecule has 0 aliphatic carbocycles. The Morgan fingerprint density at radius 2 is 1.94 bits per heavy atom. The van der Waals surface area contributed by atoms with Gasteiger partial charge in [-0.25, -0.2) is 0 Å². The van der Waals surface area contributed by atoms with Crippen LogP contribution in [0.2, 0.25) is 0 Å². The van der Waals surface area contributed by atoms with Crippen LogP contribution in [-0.2, 0) is 9.53 Å². The van der Waals surface area contributed by atoms with Gasteiger partial charge in [0.25, 0.3) is 0 Å². The molecule has 0 saturated heterocycles. The Morgan fingerprint density at radius 3 is 2.38 bits per heavy atom. The third kappa shape index (κ3) is 2.26. The van der Waals surface area contributed by atoms with Crippen molar-refractivity contribution in [1.82, 2.24) is 0 Å². The minimum absolute atomic E-state index is 0.133. The quantitative estimate of drug-likeness (QED) is 0.727. The van der Waals surface area contributed by atoms with E-state index in [-0.39, 0.29) is 11.9 Å². The smallest absolute Gasteiger partial charge is 0.312 e. The summed E-state index contributed by atoms with van der Waals surface area (Å²) in [5, 5.41) is 0. The van der Waals surface area contributed by atoms with Crippen LogP contribution in [0.1, 0.15) is 38.7 Å². The van der Waals surface area contributed by atoms with Gasteiger partial charge in [0.15, 0.2) is 0 Å². The molecule has 2 atom stereocenters. The molecule has 2 heteroatoms. The molecule has 0 N–H and O–H groups in total. The molecule has 0 radical (unpaired) electrons. The maximum atomic E-state index is 11.9. The molecule has 0 aromatic heterocycles. The van der Waals surface area contributed by atoms with Crippen LogP contribution < -0.4 is 0 Å². The van der Waals surface area contributed by atoms with Crippen LogP contribution in [0.25, 0.3) is 0 Å². The summed E-state index contributed by atoms with van der Waals surface area (Å²) >= 11 is 0. The van der Waals surface area contributed by atoms with Gasteiger partial charge in [-0.2, -0.15) is 0 Å². The molecular weight excluding hydrogens is 200 g/mol. The molecule has 88 valence electrons. The predicted octanol–water partition coefficient (Wildman–Crippen LogP) is 3.38. The highest BCUT2D eigenvalue weighted by Gasteiger charge is 2.38. The summed E-state index contributed by atoms with van der Waals surface area (Å²) in [5.41, 5.74) is 0.730. The van der Waals surface area contributed by atoms with Crippen LogP contribution in [0.4, 0.5) is 0 Å². The lowest BCUT2D eigenvalue weighted by Crippen LogP contribution is -2.33. The van der Waals surface area contributed by atoms with Gasteiger partial charge in [0.05, 0.1) is 12.5 Å². The van der Waals surface area contributed by atoms with E-state index in [1.54, 1.807) is 0 Å². The van der Waals surface area contributed by atoms with Crippen LogP contribution >= 0.6 is 0 Å². The first-order valence-corrected chi connectivity index (χ1v) is 5.69. The highest BCUT2D eigenvalue weighted by Crippen LogP contribution is 2.39. The molecule has 0 bridgehead atoms. The van der Waals surface area contributed by atoms with Crippen LogP contribution in [0.15, 0.2) is 30.3 Å². The highest BCUT2D eigenvalue weighted by molar-refractivity contribution is 5.77. The maximum Gasteiger partial charge on any atom is 0.312 e. The van der Waals surface area contributed by atoms with Crippen molar-refractivity contribution in [3.63, 3.8) is 0 Å². The summed E-state index contributed by atoms with van der Waals surface area (Å²) < 4.78 is 4.91. The summed E-state index contributed by atoms with van der Waals surface area (Å²) in [6.45, 7) is 6.07. The van der Waals surface area contributed by atoms with Gasteiger partial charge >= 0.3 is 5.97 Å². The Hall–Kier alpha value is -1.31. The summed E-state index contributed by atoms with van der Waals surface area (Å²) in [6.07, 6.45) is 0.774. The number of rotatable bonds is 4. The number of ether oxygens (including phenoxy) is 1. The largest absolute Gasteiger partial charge is 0.469 e. The average molecular weight is 220 g/mol. The molecule has 0 fully saturated rings. The Labute approximate surface area is 97.6 Å². The molecule has 2 unspecified atom stereocenters. The van der Waals surface area contributed by atoms with Gasteiger partial charge in [0.1, 0.15) is 0 Å². The van der Waals surface area contributed by atoms with Crippen molar-refractivity contribution >= 4 is 5.97 Å². The third-order valence-corrected chi connectivity index (χ3v) is 3.64. The number of benzene rings is 1. The Morgan fingerprint density at radius 1 is 1.38 bits per heavy atom. The predicted molar refractivity (Wildman–Crippen MR) is 65.3 cm³/mol. The van der Waals surface area contributed by atoms with E-state index in [0.29, 0.717) is 0 Å². The second kappa shape index (κ2) is 5.15. The number of esters is 1. The number of hydrogen-bond donors (Lipinski definition) is 0. The van der Waals surface area contributed by atoms with Gasteiger partial charge in [-0.05, 0) is 24.8 Å². The summed E-state index contributed by atoms with van der Waals surface area (Å²) in [7, 11) is 1.45. The SMILES string of the molecule is CCC(C)(C(=O)OC)C(C)c1ccccc1. The van der Waals surface area contributed by atoms with Crippen molar-refractivity contribution in [3.05, 3.63) is 35.9 Å². The van der Waals surface area contributed by atoms with Crippen LogP contribution in [0, 0.1) is 5.41 Å². The van der Waals surface area contributed by atoms with Crippen molar-refractivity contribution in [2.45, 2.75) is 33.1 Å². The average Bonchev–Trinajstić information content (AvgIpc) is 2.36. The van der Waals surface area contributed by atoms with Gasteiger partial charge in [0, 0.05) is 0 Å². The topological polar surface area (TPSA) is 26.3 Å². The van der Waals surface area contributed by atoms with E-state index in [4.69, 9.17) is 4.74 Å². The molecule has 0 amide bonds. The van der Waals surface area contributed by atoms with Crippen molar-refractivity contribution in [2.24, 2.45) is 5.41 Å². The fourth-order valence-electron chi connectivity index (χ4n) is 1.97. The lowest BCUT2D eigenvalue weighted by Gasteiger charge is -2.32. The number of carbonyl (C=O) groups excluding carboxylic acids is 1. The number of methoxy groups -OCH3 is 1. The second-order valence-corrected chi connectivity index (χ2v) is 4.39. The molecule has 16 heavy (non-hydrogen) atoms. The standard InChI is InChI=1S/C14H20O2/c1-5-14(3,13(15)16-4)11(2)12-9-7-6-8-10-12/h6-11H,5H2,1-4H3. The third-order valence-electron chi connectivity index (χ3n) is 3.64. The molecule has 0 spiro atoms. The molecule has 0 heterocycles. The van der Waals surface area contributed by atoms with E-state index in [2.05, 4.69) is 19.1 Å². The van der Waals surface area contributed by atoms with E-state index < -0.39 is 5.41 Å². The molecule has 0 aliphatic rings. The zero-order valence-electron chi connectivity index (χ0n) is 10.5. The highest BCUT2D eigenvalue weighted by atomic mass is 16.5. The van der Waals surface area contributed by atoms with Crippen LogP contribution in [0.5, 0.6) is 0 Å².